The molecular weight excluding hydrogens is 321 g/mol. The van der Waals surface area contributed by atoms with Gasteiger partial charge in [-0.15, -0.1) is 0 Å². The predicted molar refractivity (Wildman–Crippen MR) is 90.7 cm³/mol. The van der Waals surface area contributed by atoms with E-state index in [1.54, 1.807) is 0 Å². The molecule has 0 unspecified atom stereocenters. The van der Waals surface area contributed by atoms with Gasteiger partial charge in [-0.1, -0.05) is 24.9 Å². The number of hydroxylamine groups is 1. The largest absolute Gasteiger partial charge is 0.376 e. The summed E-state index contributed by atoms with van der Waals surface area (Å²) in [5.74, 6) is -1.23. The van der Waals surface area contributed by atoms with Gasteiger partial charge in [-0.25, -0.2) is 14.2 Å². The van der Waals surface area contributed by atoms with E-state index in [0.29, 0.717) is 25.1 Å². The van der Waals surface area contributed by atoms with Crippen LogP contribution >= 0.6 is 11.6 Å². The fraction of sp³-hybridized carbons (Fsp3) is 0.500. The normalized spacial score (nSPS) is 10.7. The topological polar surface area (TPSA) is 56.6 Å². The van der Waals surface area contributed by atoms with Gasteiger partial charge < -0.3 is 9.74 Å². The van der Waals surface area contributed by atoms with Crippen LogP contribution in [0.15, 0.2) is 18.2 Å². The van der Waals surface area contributed by atoms with E-state index in [1.807, 2.05) is 25.9 Å². The van der Waals surface area contributed by atoms with Gasteiger partial charge in [0.05, 0.1) is 17.3 Å². The summed E-state index contributed by atoms with van der Waals surface area (Å²) in [6.07, 6.45) is 1.78. The lowest BCUT2D eigenvalue weighted by atomic mass is 10.2. The Morgan fingerprint density at radius 3 is 2.61 bits per heavy atom. The second-order valence-electron chi connectivity index (χ2n) is 5.46. The highest BCUT2D eigenvalue weighted by Gasteiger charge is 2.17. The number of hydrogen-bond donors (Lipinski definition) is 1. The van der Waals surface area contributed by atoms with Crippen molar-refractivity contribution in [3.8, 4) is 0 Å². The lowest BCUT2D eigenvalue weighted by Crippen LogP contribution is -2.33. The summed E-state index contributed by atoms with van der Waals surface area (Å²) in [7, 11) is 3.89. The molecule has 0 atom stereocenters. The molecule has 128 valence electrons. The van der Waals surface area contributed by atoms with Crippen LogP contribution in [0.5, 0.6) is 0 Å². The molecule has 5 nitrogen and oxygen atoms in total. The number of halogens is 2. The summed E-state index contributed by atoms with van der Waals surface area (Å²) in [6.45, 7) is 3.11. The summed E-state index contributed by atoms with van der Waals surface area (Å²) in [5.41, 5.74) is 0.395. The van der Waals surface area contributed by atoms with Crippen molar-refractivity contribution in [3.63, 3.8) is 0 Å². The molecule has 1 aromatic carbocycles. The number of hydrogen-bond acceptors (Lipinski definition) is 5. The highest BCUT2D eigenvalue weighted by atomic mass is 35.5. The van der Waals surface area contributed by atoms with Crippen LogP contribution in [0, 0.1) is 11.2 Å². The maximum absolute atomic E-state index is 13.3. The van der Waals surface area contributed by atoms with Crippen molar-refractivity contribution in [2.75, 3.05) is 32.2 Å². The molecule has 0 aromatic heterocycles. The van der Waals surface area contributed by atoms with Crippen LogP contribution in [0.25, 0.3) is 0 Å². The third kappa shape index (κ3) is 6.54. The van der Waals surface area contributed by atoms with Crippen LogP contribution in [0.2, 0.25) is 5.02 Å². The maximum Gasteiger partial charge on any atom is 0.376 e. The van der Waals surface area contributed by atoms with Gasteiger partial charge in [0.25, 0.3) is 0 Å². The number of nitrogens with zero attached hydrogens (tertiary/aromatic N) is 2. The molecule has 7 heteroatoms. The SMILES string of the molecule is CCCC(=N)C(=O)ON(CCCN(C)C)c1ccc(F)c(Cl)c1. The van der Waals surface area contributed by atoms with Gasteiger partial charge >= 0.3 is 5.97 Å². The molecule has 1 N–H and O–H groups in total. The number of anilines is 1. The summed E-state index contributed by atoms with van der Waals surface area (Å²) >= 11 is 5.80. The zero-order valence-electron chi connectivity index (χ0n) is 13.7. The average Bonchev–Trinajstić information content (AvgIpc) is 2.48. The quantitative estimate of drug-likeness (QED) is 0.550. The average molecular weight is 344 g/mol. The van der Waals surface area contributed by atoms with Gasteiger partial charge in [0.2, 0.25) is 0 Å². The van der Waals surface area contributed by atoms with E-state index in [0.717, 1.165) is 13.0 Å². The zero-order chi connectivity index (χ0) is 17.4. The van der Waals surface area contributed by atoms with Crippen molar-refractivity contribution in [1.82, 2.24) is 4.90 Å². The van der Waals surface area contributed by atoms with E-state index in [9.17, 15) is 9.18 Å². The molecule has 0 amide bonds. The third-order valence-electron chi connectivity index (χ3n) is 3.10. The minimum Gasteiger partial charge on any atom is -0.334 e. The Kier molecular flexibility index (Phi) is 7.98. The molecule has 0 saturated carbocycles. The van der Waals surface area contributed by atoms with Gasteiger partial charge in [-0.05, 0) is 51.7 Å². The van der Waals surface area contributed by atoms with Gasteiger partial charge in [0.15, 0.2) is 0 Å². The molecule has 0 heterocycles. The van der Waals surface area contributed by atoms with Crippen molar-refractivity contribution in [1.29, 1.82) is 5.41 Å². The van der Waals surface area contributed by atoms with Crippen molar-refractivity contribution in [2.24, 2.45) is 0 Å². The first-order valence-corrected chi connectivity index (χ1v) is 7.90. The molecule has 0 aliphatic heterocycles. The van der Waals surface area contributed by atoms with Crippen LogP contribution in [0.1, 0.15) is 26.2 Å². The molecular formula is C16H23ClFN3O2. The van der Waals surface area contributed by atoms with Crippen molar-refractivity contribution in [2.45, 2.75) is 26.2 Å². The number of carbonyl (C=O) groups excluding carboxylic acids is 1. The Hall–Kier alpha value is -1.66. The lowest BCUT2D eigenvalue weighted by molar-refractivity contribution is -0.137. The minimum atomic E-state index is -0.697. The predicted octanol–water partition coefficient (Wildman–Crippen LogP) is 3.52. The second kappa shape index (κ2) is 9.47. The highest BCUT2D eigenvalue weighted by molar-refractivity contribution is 6.35. The summed E-state index contributed by atoms with van der Waals surface area (Å²) in [4.78, 5) is 19.3. The van der Waals surface area contributed by atoms with Crippen molar-refractivity contribution >= 4 is 29.0 Å². The molecule has 0 spiro atoms. The first-order chi connectivity index (χ1) is 10.8. The molecule has 0 fully saturated rings. The maximum atomic E-state index is 13.3. The van der Waals surface area contributed by atoms with Crippen LogP contribution in [0.3, 0.4) is 0 Å². The summed E-state index contributed by atoms with van der Waals surface area (Å²) in [5, 5.41) is 9.00. The van der Waals surface area contributed by atoms with E-state index < -0.39 is 11.8 Å². The molecule has 0 radical (unpaired) electrons. The first-order valence-electron chi connectivity index (χ1n) is 7.52. The Morgan fingerprint density at radius 1 is 1.35 bits per heavy atom. The monoisotopic (exact) mass is 343 g/mol. The molecule has 1 aromatic rings. The van der Waals surface area contributed by atoms with Crippen LogP contribution in [-0.2, 0) is 9.63 Å². The Labute approximate surface area is 141 Å². The molecule has 0 saturated heterocycles. The molecule has 1 rings (SSSR count). The fourth-order valence-corrected chi connectivity index (χ4v) is 2.08. The standard InChI is InChI=1S/C16H23ClFN3O2/c1-4-6-15(19)16(22)23-21(10-5-9-20(2)3)12-7-8-14(18)13(17)11-12/h7-8,11,19H,4-6,9-10H2,1-3H3. The smallest absolute Gasteiger partial charge is 0.334 e. The van der Waals surface area contributed by atoms with Crippen LogP contribution < -0.4 is 5.06 Å². The van der Waals surface area contributed by atoms with Gasteiger partial charge in [-0.3, -0.25) is 5.41 Å². The molecule has 0 aliphatic rings. The van der Waals surface area contributed by atoms with E-state index >= 15 is 0 Å². The minimum absolute atomic E-state index is 0.0419. The Morgan fingerprint density at radius 2 is 2.04 bits per heavy atom. The Balaban J connectivity index is 2.85. The van der Waals surface area contributed by atoms with Crippen LogP contribution in [-0.4, -0.2) is 43.8 Å². The number of carbonyl (C=O) groups is 1. The van der Waals surface area contributed by atoms with Crippen molar-refractivity contribution in [3.05, 3.63) is 29.0 Å². The molecule has 23 heavy (non-hydrogen) atoms. The fourth-order valence-electron chi connectivity index (χ4n) is 1.91. The zero-order valence-corrected chi connectivity index (χ0v) is 14.5. The molecule has 0 aliphatic carbocycles. The highest BCUT2D eigenvalue weighted by Crippen LogP contribution is 2.23. The summed E-state index contributed by atoms with van der Waals surface area (Å²) < 4.78 is 13.3. The van der Waals surface area contributed by atoms with Gasteiger partial charge in [-0.2, -0.15) is 0 Å². The second-order valence-corrected chi connectivity index (χ2v) is 5.87. The van der Waals surface area contributed by atoms with Gasteiger partial charge in [0, 0.05) is 0 Å². The number of rotatable bonds is 9. The Bertz CT molecular complexity index is 552. The van der Waals surface area contributed by atoms with E-state index in [4.69, 9.17) is 21.8 Å². The summed E-state index contributed by atoms with van der Waals surface area (Å²) in [6, 6.07) is 4.12. The van der Waals surface area contributed by atoms with Gasteiger partial charge in [0.1, 0.15) is 11.5 Å². The van der Waals surface area contributed by atoms with Crippen LogP contribution in [0.4, 0.5) is 10.1 Å². The number of benzene rings is 1. The first kappa shape index (κ1) is 19.4. The lowest BCUT2D eigenvalue weighted by Gasteiger charge is -2.24. The van der Waals surface area contributed by atoms with Crippen molar-refractivity contribution < 1.29 is 14.0 Å². The molecule has 0 bridgehead atoms. The van der Waals surface area contributed by atoms with E-state index in [-0.39, 0.29) is 10.7 Å². The third-order valence-corrected chi connectivity index (χ3v) is 3.39. The van der Waals surface area contributed by atoms with E-state index in [1.165, 1.54) is 23.3 Å². The number of nitrogens with one attached hydrogen (secondary N) is 1. The van der Waals surface area contributed by atoms with E-state index in [2.05, 4.69) is 0 Å².